The summed E-state index contributed by atoms with van der Waals surface area (Å²) in [7, 11) is 3.50. The van der Waals surface area contributed by atoms with Gasteiger partial charge in [-0.1, -0.05) is 6.07 Å². The molecule has 0 radical (unpaired) electrons. The zero-order valence-electron chi connectivity index (χ0n) is 11.5. The molecule has 0 aliphatic rings. The number of rotatable bonds is 7. The molecule has 0 amide bonds. The average Bonchev–Trinajstić information content (AvgIpc) is 2.83. The second kappa shape index (κ2) is 7.37. The van der Waals surface area contributed by atoms with Crippen LogP contribution in [-0.2, 0) is 18.3 Å². The zero-order valence-corrected chi connectivity index (χ0v) is 12.3. The van der Waals surface area contributed by atoms with Crippen LogP contribution in [0.1, 0.15) is 5.56 Å². The largest absolute Gasteiger partial charge is 0.383 e. The summed E-state index contributed by atoms with van der Waals surface area (Å²) < 4.78 is 20.7. The second-order valence-electron chi connectivity index (χ2n) is 4.21. The van der Waals surface area contributed by atoms with Gasteiger partial charge in [0.25, 0.3) is 0 Å². The van der Waals surface area contributed by atoms with Crippen molar-refractivity contribution in [3.8, 4) is 0 Å². The standard InChI is InChI=1S/C13H17FN4OS/c1-18-9-16-17-13(18)20-12-5-3-4-11(14)10(12)8-15-6-7-19-2/h3-5,9,15H,6-8H2,1-2H3. The maximum absolute atomic E-state index is 14.0. The predicted octanol–water partition coefficient (Wildman–Crippen LogP) is 1.84. The minimum Gasteiger partial charge on any atom is -0.383 e. The molecule has 2 aromatic rings. The van der Waals surface area contributed by atoms with Crippen LogP contribution in [0, 0.1) is 5.82 Å². The highest BCUT2D eigenvalue weighted by atomic mass is 32.2. The van der Waals surface area contributed by atoms with Crippen LogP contribution in [0.2, 0.25) is 0 Å². The lowest BCUT2D eigenvalue weighted by Crippen LogP contribution is -2.19. The van der Waals surface area contributed by atoms with Crippen LogP contribution in [-0.4, -0.2) is 35.0 Å². The number of aromatic nitrogens is 3. The summed E-state index contributed by atoms with van der Waals surface area (Å²) in [5.41, 5.74) is 0.636. The average molecular weight is 296 g/mol. The number of aryl methyl sites for hydroxylation is 1. The Morgan fingerprint density at radius 1 is 1.45 bits per heavy atom. The molecule has 1 aromatic heterocycles. The molecular formula is C13H17FN4OS. The van der Waals surface area contributed by atoms with E-state index in [1.807, 2.05) is 13.1 Å². The summed E-state index contributed by atoms with van der Waals surface area (Å²) in [6.45, 7) is 1.73. The van der Waals surface area contributed by atoms with Gasteiger partial charge < -0.3 is 14.6 Å². The summed E-state index contributed by atoms with van der Waals surface area (Å²) in [6, 6.07) is 5.05. The molecule has 0 saturated heterocycles. The Morgan fingerprint density at radius 3 is 3.00 bits per heavy atom. The van der Waals surface area contributed by atoms with Gasteiger partial charge in [-0.3, -0.25) is 0 Å². The first-order valence-corrected chi connectivity index (χ1v) is 7.03. The van der Waals surface area contributed by atoms with Crippen molar-refractivity contribution in [2.24, 2.45) is 7.05 Å². The molecule has 0 unspecified atom stereocenters. The molecule has 1 N–H and O–H groups in total. The first-order valence-electron chi connectivity index (χ1n) is 6.21. The summed E-state index contributed by atoms with van der Waals surface area (Å²) in [5.74, 6) is -0.220. The van der Waals surface area contributed by atoms with E-state index in [2.05, 4.69) is 15.5 Å². The first-order chi connectivity index (χ1) is 9.72. The molecule has 1 heterocycles. The Kier molecular flexibility index (Phi) is 5.51. The van der Waals surface area contributed by atoms with Gasteiger partial charge in [-0.05, 0) is 23.9 Å². The lowest BCUT2D eigenvalue weighted by Gasteiger charge is -2.10. The van der Waals surface area contributed by atoms with Crippen molar-refractivity contribution in [2.75, 3.05) is 20.3 Å². The van der Waals surface area contributed by atoms with E-state index >= 15 is 0 Å². The molecule has 0 aliphatic carbocycles. The second-order valence-corrected chi connectivity index (χ2v) is 5.22. The number of hydrogen-bond acceptors (Lipinski definition) is 5. The van der Waals surface area contributed by atoms with E-state index in [9.17, 15) is 4.39 Å². The van der Waals surface area contributed by atoms with Gasteiger partial charge >= 0.3 is 0 Å². The van der Waals surface area contributed by atoms with Gasteiger partial charge in [0.05, 0.1) is 6.61 Å². The highest BCUT2D eigenvalue weighted by Crippen LogP contribution is 2.29. The van der Waals surface area contributed by atoms with Crippen LogP contribution in [0.5, 0.6) is 0 Å². The van der Waals surface area contributed by atoms with Crippen LogP contribution in [0.25, 0.3) is 0 Å². The fourth-order valence-electron chi connectivity index (χ4n) is 1.66. The monoisotopic (exact) mass is 296 g/mol. The zero-order chi connectivity index (χ0) is 14.4. The number of ether oxygens (including phenoxy) is 1. The quantitative estimate of drug-likeness (QED) is 0.790. The Balaban J connectivity index is 2.11. The van der Waals surface area contributed by atoms with Crippen molar-refractivity contribution >= 4 is 11.8 Å². The molecule has 0 bridgehead atoms. The third kappa shape index (κ3) is 3.78. The van der Waals surface area contributed by atoms with Gasteiger partial charge in [-0.15, -0.1) is 10.2 Å². The smallest absolute Gasteiger partial charge is 0.195 e. The molecule has 5 nitrogen and oxygen atoms in total. The highest BCUT2D eigenvalue weighted by Gasteiger charge is 2.12. The molecule has 0 atom stereocenters. The number of halogens is 1. The molecule has 0 aliphatic heterocycles. The van der Waals surface area contributed by atoms with Crippen molar-refractivity contribution in [2.45, 2.75) is 16.6 Å². The highest BCUT2D eigenvalue weighted by molar-refractivity contribution is 7.99. The van der Waals surface area contributed by atoms with Crippen molar-refractivity contribution in [3.05, 3.63) is 35.9 Å². The third-order valence-electron chi connectivity index (χ3n) is 2.73. The normalized spacial score (nSPS) is 10.9. The van der Waals surface area contributed by atoms with Crippen molar-refractivity contribution in [1.29, 1.82) is 0 Å². The minimum atomic E-state index is -0.220. The molecule has 7 heteroatoms. The van der Waals surface area contributed by atoms with Gasteiger partial charge in [0, 0.05) is 37.7 Å². The Hall–Kier alpha value is -1.44. The van der Waals surface area contributed by atoms with E-state index in [0.717, 1.165) is 10.1 Å². The maximum atomic E-state index is 14.0. The molecule has 108 valence electrons. The molecule has 2 rings (SSSR count). The van der Waals surface area contributed by atoms with Crippen molar-refractivity contribution < 1.29 is 9.13 Å². The van der Waals surface area contributed by atoms with E-state index in [4.69, 9.17) is 4.74 Å². The number of methoxy groups -OCH3 is 1. The van der Waals surface area contributed by atoms with Crippen molar-refractivity contribution in [3.63, 3.8) is 0 Å². The molecule has 0 saturated carbocycles. The van der Waals surface area contributed by atoms with E-state index in [-0.39, 0.29) is 5.82 Å². The van der Waals surface area contributed by atoms with Crippen LogP contribution in [0.15, 0.2) is 34.6 Å². The number of hydrogen-bond donors (Lipinski definition) is 1. The van der Waals surface area contributed by atoms with Crippen LogP contribution in [0.4, 0.5) is 4.39 Å². The third-order valence-corrected chi connectivity index (χ3v) is 3.89. The van der Waals surface area contributed by atoms with Gasteiger partial charge in [0.15, 0.2) is 5.16 Å². The summed E-state index contributed by atoms with van der Waals surface area (Å²) in [4.78, 5) is 0.839. The van der Waals surface area contributed by atoms with Crippen molar-refractivity contribution in [1.82, 2.24) is 20.1 Å². The Morgan fingerprint density at radius 2 is 2.30 bits per heavy atom. The molecule has 20 heavy (non-hydrogen) atoms. The van der Waals surface area contributed by atoms with Crippen LogP contribution >= 0.6 is 11.8 Å². The molecule has 0 fully saturated rings. The number of nitrogens with one attached hydrogen (secondary N) is 1. The number of nitrogens with zero attached hydrogens (tertiary/aromatic N) is 3. The lowest BCUT2D eigenvalue weighted by molar-refractivity contribution is 0.199. The fraction of sp³-hybridized carbons (Fsp3) is 0.385. The Labute approximate surface area is 121 Å². The van der Waals surface area contributed by atoms with Crippen LogP contribution in [0.3, 0.4) is 0 Å². The van der Waals surface area contributed by atoms with Gasteiger partial charge in [-0.2, -0.15) is 0 Å². The predicted molar refractivity (Wildman–Crippen MR) is 75.1 cm³/mol. The number of benzene rings is 1. The topological polar surface area (TPSA) is 52.0 Å². The minimum absolute atomic E-state index is 0.220. The first kappa shape index (κ1) is 15.0. The van der Waals surface area contributed by atoms with Gasteiger partial charge in [0.2, 0.25) is 0 Å². The van der Waals surface area contributed by atoms with E-state index in [0.29, 0.717) is 25.3 Å². The summed E-state index contributed by atoms with van der Waals surface area (Å²) in [5, 5.41) is 11.7. The van der Waals surface area contributed by atoms with E-state index in [1.165, 1.54) is 17.8 Å². The van der Waals surface area contributed by atoms with E-state index in [1.54, 1.807) is 24.1 Å². The Bertz CT molecular complexity index is 561. The lowest BCUT2D eigenvalue weighted by atomic mass is 10.2. The molecular weight excluding hydrogens is 279 g/mol. The molecule has 1 aromatic carbocycles. The van der Waals surface area contributed by atoms with E-state index < -0.39 is 0 Å². The van der Waals surface area contributed by atoms with Crippen LogP contribution < -0.4 is 5.32 Å². The maximum Gasteiger partial charge on any atom is 0.195 e. The van der Waals surface area contributed by atoms with Gasteiger partial charge in [-0.25, -0.2) is 4.39 Å². The van der Waals surface area contributed by atoms with Gasteiger partial charge in [0.1, 0.15) is 12.1 Å². The summed E-state index contributed by atoms with van der Waals surface area (Å²) in [6.07, 6.45) is 1.62. The fourth-order valence-corrected chi connectivity index (χ4v) is 2.57. The molecule has 0 spiro atoms. The SMILES string of the molecule is COCCNCc1c(F)cccc1Sc1nncn1C. The summed E-state index contributed by atoms with van der Waals surface area (Å²) >= 11 is 1.40.